The van der Waals surface area contributed by atoms with E-state index in [9.17, 15) is 9.59 Å². The van der Waals surface area contributed by atoms with Crippen LogP contribution in [0.2, 0.25) is 5.02 Å². The van der Waals surface area contributed by atoms with Crippen LogP contribution in [-0.2, 0) is 17.9 Å². The number of benzene rings is 2. The molecule has 34 heavy (non-hydrogen) atoms. The molecule has 0 unspecified atom stereocenters. The zero-order chi connectivity index (χ0) is 24.5. The summed E-state index contributed by atoms with van der Waals surface area (Å²) in [6.45, 7) is 8.73. The Balaban J connectivity index is 1.71. The second-order valence-electron chi connectivity index (χ2n) is 7.97. The highest BCUT2D eigenvalue weighted by atomic mass is 35.5. The van der Waals surface area contributed by atoms with Crippen LogP contribution in [0.25, 0.3) is 0 Å². The van der Waals surface area contributed by atoms with Crippen LogP contribution < -0.4 is 10.6 Å². The van der Waals surface area contributed by atoms with Crippen molar-refractivity contribution in [1.29, 1.82) is 0 Å². The number of carbonyl (C=O) groups is 2. The van der Waals surface area contributed by atoms with Crippen molar-refractivity contribution >= 4 is 35.2 Å². The highest BCUT2D eigenvalue weighted by Gasteiger charge is 2.27. The summed E-state index contributed by atoms with van der Waals surface area (Å²) in [7, 11) is 0. The lowest BCUT2D eigenvalue weighted by Crippen LogP contribution is -2.34. The summed E-state index contributed by atoms with van der Waals surface area (Å²) >= 11 is 7.49. The van der Waals surface area contributed by atoms with Crippen LogP contribution in [-0.4, -0.2) is 32.3 Å². The number of allylic oxidation sites excluding steroid dienone is 1. The number of halogens is 1. The molecule has 1 aromatic heterocycles. The van der Waals surface area contributed by atoms with Gasteiger partial charge in [-0.2, -0.15) is 0 Å². The molecule has 0 aliphatic rings. The number of thioether (sulfide) groups is 1. The topological polar surface area (TPSA) is 88.9 Å². The number of nitrogens with zero attached hydrogens (tertiary/aromatic N) is 3. The third kappa shape index (κ3) is 6.71. The quantitative estimate of drug-likeness (QED) is 0.297. The summed E-state index contributed by atoms with van der Waals surface area (Å²) in [4.78, 5) is 25.3. The number of hydrogen-bond donors (Lipinski definition) is 2. The second-order valence-corrected chi connectivity index (χ2v) is 9.32. The molecule has 3 rings (SSSR count). The Labute approximate surface area is 209 Å². The van der Waals surface area contributed by atoms with E-state index in [2.05, 4.69) is 27.4 Å². The van der Waals surface area contributed by atoms with Crippen molar-refractivity contribution in [3.05, 3.63) is 89.2 Å². The lowest BCUT2D eigenvalue weighted by Gasteiger charge is -2.23. The summed E-state index contributed by atoms with van der Waals surface area (Å²) in [5, 5.41) is 15.6. The Morgan fingerprint density at radius 2 is 1.82 bits per heavy atom. The van der Waals surface area contributed by atoms with E-state index in [4.69, 9.17) is 11.6 Å². The largest absolute Gasteiger partial charge is 0.351 e. The van der Waals surface area contributed by atoms with Crippen LogP contribution in [0.15, 0.2) is 72.4 Å². The highest BCUT2D eigenvalue weighted by molar-refractivity contribution is 7.99. The molecule has 0 aliphatic carbocycles. The third-order valence-electron chi connectivity index (χ3n) is 5.07. The summed E-state index contributed by atoms with van der Waals surface area (Å²) in [6.07, 6.45) is 1.74. The maximum atomic E-state index is 12.9. The molecule has 0 bridgehead atoms. The molecule has 1 atom stereocenters. The summed E-state index contributed by atoms with van der Waals surface area (Å²) in [5.74, 6) is 0.442. The smallest absolute Gasteiger partial charge is 0.253 e. The molecule has 9 heteroatoms. The summed E-state index contributed by atoms with van der Waals surface area (Å²) in [6, 6.07) is 16.2. The molecule has 2 aromatic carbocycles. The fourth-order valence-corrected chi connectivity index (χ4v) is 4.32. The SMILES string of the molecule is C=CCn1c(SCC(=O)NCc2ccccc2)nnc1[C@@H](NC(=O)c1ccccc1Cl)C(C)C. The maximum Gasteiger partial charge on any atom is 0.253 e. The van der Waals surface area contributed by atoms with Crippen molar-refractivity contribution in [2.75, 3.05) is 5.75 Å². The predicted molar refractivity (Wildman–Crippen MR) is 136 cm³/mol. The molecular formula is C25H28ClN5O2S. The van der Waals surface area contributed by atoms with Gasteiger partial charge in [0, 0.05) is 13.1 Å². The molecule has 0 fully saturated rings. The molecular weight excluding hydrogens is 470 g/mol. The van der Waals surface area contributed by atoms with Gasteiger partial charge in [-0.05, 0) is 23.6 Å². The monoisotopic (exact) mass is 497 g/mol. The lowest BCUT2D eigenvalue weighted by molar-refractivity contribution is -0.118. The zero-order valence-corrected chi connectivity index (χ0v) is 20.8. The number of aromatic nitrogens is 3. The fourth-order valence-electron chi connectivity index (χ4n) is 3.31. The summed E-state index contributed by atoms with van der Waals surface area (Å²) in [5.41, 5.74) is 1.43. The minimum Gasteiger partial charge on any atom is -0.351 e. The van der Waals surface area contributed by atoms with E-state index in [0.29, 0.717) is 34.7 Å². The Morgan fingerprint density at radius 3 is 2.50 bits per heavy atom. The third-order valence-corrected chi connectivity index (χ3v) is 6.37. The van der Waals surface area contributed by atoms with E-state index in [0.717, 1.165) is 5.56 Å². The van der Waals surface area contributed by atoms with Gasteiger partial charge in [-0.1, -0.05) is 85.8 Å². The van der Waals surface area contributed by atoms with Crippen molar-refractivity contribution in [2.24, 2.45) is 5.92 Å². The molecule has 2 N–H and O–H groups in total. The van der Waals surface area contributed by atoms with Crippen molar-refractivity contribution in [3.63, 3.8) is 0 Å². The number of amides is 2. The van der Waals surface area contributed by atoms with Gasteiger partial charge < -0.3 is 15.2 Å². The molecule has 0 aliphatic heterocycles. The predicted octanol–water partition coefficient (Wildman–Crippen LogP) is 4.65. The van der Waals surface area contributed by atoms with Crippen molar-refractivity contribution < 1.29 is 9.59 Å². The van der Waals surface area contributed by atoms with Crippen LogP contribution in [0.5, 0.6) is 0 Å². The Bertz CT molecular complexity index is 1130. The van der Waals surface area contributed by atoms with Crippen molar-refractivity contribution in [3.8, 4) is 0 Å². The standard InChI is InChI=1S/C25H28ClN5O2S/c1-4-14-31-23(22(17(2)3)28-24(33)19-12-8-9-13-20(19)26)29-30-25(31)34-16-21(32)27-15-18-10-6-5-7-11-18/h4-13,17,22H,1,14-16H2,2-3H3,(H,27,32)(H,28,33)/t22-/m0/s1. The van der Waals surface area contributed by atoms with Crippen molar-refractivity contribution in [1.82, 2.24) is 25.4 Å². The minimum atomic E-state index is -0.405. The van der Waals surface area contributed by atoms with Crippen LogP contribution in [0.1, 0.15) is 41.6 Å². The normalized spacial score (nSPS) is 11.8. The van der Waals surface area contributed by atoms with E-state index in [1.54, 1.807) is 30.3 Å². The Hall–Kier alpha value is -3.10. The van der Waals surface area contributed by atoms with E-state index >= 15 is 0 Å². The maximum absolute atomic E-state index is 12.9. The van der Waals surface area contributed by atoms with Gasteiger partial charge in [0.2, 0.25) is 5.91 Å². The van der Waals surface area contributed by atoms with Gasteiger partial charge >= 0.3 is 0 Å². The highest BCUT2D eigenvalue weighted by Crippen LogP contribution is 2.26. The van der Waals surface area contributed by atoms with Gasteiger partial charge in [0.1, 0.15) is 0 Å². The first-order chi connectivity index (χ1) is 16.4. The molecule has 0 saturated carbocycles. The Morgan fingerprint density at radius 1 is 1.12 bits per heavy atom. The first-order valence-corrected chi connectivity index (χ1v) is 12.3. The Kier molecular flexibility index (Phi) is 9.30. The zero-order valence-electron chi connectivity index (χ0n) is 19.2. The van der Waals surface area contributed by atoms with E-state index in [1.807, 2.05) is 48.7 Å². The first kappa shape index (κ1) is 25.5. The molecule has 178 valence electrons. The molecule has 1 heterocycles. The van der Waals surface area contributed by atoms with Crippen LogP contribution in [0, 0.1) is 5.92 Å². The van der Waals surface area contributed by atoms with Gasteiger partial charge in [-0.15, -0.1) is 16.8 Å². The van der Waals surface area contributed by atoms with Gasteiger partial charge in [0.25, 0.3) is 5.91 Å². The first-order valence-electron chi connectivity index (χ1n) is 10.9. The molecule has 3 aromatic rings. The number of rotatable bonds is 11. The van der Waals surface area contributed by atoms with Gasteiger partial charge in [-0.25, -0.2) is 0 Å². The van der Waals surface area contributed by atoms with E-state index in [-0.39, 0.29) is 23.5 Å². The van der Waals surface area contributed by atoms with Gasteiger partial charge in [0.05, 0.1) is 22.4 Å². The molecule has 0 saturated heterocycles. The number of hydrogen-bond acceptors (Lipinski definition) is 5. The lowest BCUT2D eigenvalue weighted by atomic mass is 10.0. The van der Waals surface area contributed by atoms with E-state index < -0.39 is 6.04 Å². The fraction of sp³-hybridized carbons (Fsp3) is 0.280. The number of nitrogens with one attached hydrogen (secondary N) is 2. The summed E-state index contributed by atoms with van der Waals surface area (Å²) < 4.78 is 1.87. The average Bonchev–Trinajstić information content (AvgIpc) is 3.22. The van der Waals surface area contributed by atoms with Gasteiger partial charge in [0.15, 0.2) is 11.0 Å². The van der Waals surface area contributed by atoms with E-state index in [1.165, 1.54) is 11.8 Å². The van der Waals surface area contributed by atoms with Crippen molar-refractivity contribution in [2.45, 2.75) is 38.1 Å². The molecule has 2 amide bonds. The second kappa shape index (κ2) is 12.4. The van der Waals surface area contributed by atoms with Crippen LogP contribution >= 0.6 is 23.4 Å². The number of carbonyl (C=O) groups excluding carboxylic acids is 2. The van der Waals surface area contributed by atoms with Crippen LogP contribution in [0.3, 0.4) is 0 Å². The van der Waals surface area contributed by atoms with Gasteiger partial charge in [-0.3, -0.25) is 9.59 Å². The molecule has 0 spiro atoms. The minimum absolute atomic E-state index is 0.0335. The molecule has 0 radical (unpaired) electrons. The van der Waals surface area contributed by atoms with Crippen LogP contribution in [0.4, 0.5) is 0 Å². The average molecular weight is 498 g/mol. The molecule has 7 nitrogen and oxygen atoms in total.